The standard InChI is InChI=1S/C20H20N4O3S3/c1-27-16-9-8-13(12-15(16)23-30(2,25)26)24-19(17-7-5-11-29-17)18(22-20(24)28)14-6-3-4-10-21-14/h3-12,18-19,23H,1-2H3,(H,22,28)/t18-,19+/m1/s1. The molecule has 0 radical (unpaired) electrons. The Bertz CT molecular complexity index is 1150. The summed E-state index contributed by atoms with van der Waals surface area (Å²) in [6, 6.07) is 14.9. The lowest BCUT2D eigenvalue weighted by molar-refractivity contribution is 0.417. The van der Waals surface area contributed by atoms with Crippen LogP contribution in [0.2, 0.25) is 0 Å². The van der Waals surface area contributed by atoms with Crippen molar-refractivity contribution in [2.45, 2.75) is 12.1 Å². The molecule has 1 aliphatic rings. The van der Waals surface area contributed by atoms with Gasteiger partial charge in [-0.1, -0.05) is 12.1 Å². The third-order valence-corrected chi connectivity index (χ3v) is 6.54. The number of benzene rings is 1. The molecule has 0 saturated carbocycles. The first kappa shape index (κ1) is 20.6. The number of aromatic nitrogens is 1. The second-order valence-corrected chi connectivity index (χ2v) is 9.89. The number of thiocarbonyl (C=S) groups is 1. The van der Waals surface area contributed by atoms with Crippen molar-refractivity contribution in [2.75, 3.05) is 23.0 Å². The maximum Gasteiger partial charge on any atom is 0.229 e. The third-order valence-electron chi connectivity index (χ3n) is 4.69. The molecule has 1 aliphatic heterocycles. The van der Waals surface area contributed by atoms with Crippen molar-refractivity contribution >= 4 is 50.1 Å². The van der Waals surface area contributed by atoms with Crippen molar-refractivity contribution < 1.29 is 13.2 Å². The lowest BCUT2D eigenvalue weighted by Gasteiger charge is -2.27. The topological polar surface area (TPSA) is 83.6 Å². The molecule has 156 valence electrons. The average Bonchev–Trinajstić information content (AvgIpc) is 3.35. The summed E-state index contributed by atoms with van der Waals surface area (Å²) in [6.07, 6.45) is 2.86. The Balaban J connectivity index is 1.80. The van der Waals surface area contributed by atoms with E-state index in [1.54, 1.807) is 29.7 Å². The van der Waals surface area contributed by atoms with Gasteiger partial charge in [-0.25, -0.2) is 8.42 Å². The Hall–Kier alpha value is -2.69. The van der Waals surface area contributed by atoms with Crippen LogP contribution in [0, 0.1) is 0 Å². The maximum absolute atomic E-state index is 11.8. The maximum atomic E-state index is 11.8. The van der Waals surface area contributed by atoms with Crippen LogP contribution in [-0.2, 0) is 10.0 Å². The van der Waals surface area contributed by atoms with Crippen LogP contribution >= 0.6 is 23.6 Å². The fourth-order valence-corrected chi connectivity index (χ4v) is 5.26. The van der Waals surface area contributed by atoms with Crippen molar-refractivity contribution in [1.82, 2.24) is 10.3 Å². The summed E-state index contributed by atoms with van der Waals surface area (Å²) >= 11 is 7.32. The van der Waals surface area contributed by atoms with Gasteiger partial charge in [0.15, 0.2) is 5.11 Å². The molecule has 10 heteroatoms. The minimum Gasteiger partial charge on any atom is -0.495 e. The zero-order chi connectivity index (χ0) is 21.3. The van der Waals surface area contributed by atoms with Crippen LogP contribution in [0.3, 0.4) is 0 Å². The Morgan fingerprint density at radius 2 is 2.07 bits per heavy atom. The fourth-order valence-electron chi connectivity index (χ4n) is 3.51. The summed E-state index contributed by atoms with van der Waals surface area (Å²) in [5.41, 5.74) is 1.98. The van der Waals surface area contributed by atoms with Crippen LogP contribution in [0.15, 0.2) is 60.1 Å². The van der Waals surface area contributed by atoms with E-state index in [1.807, 2.05) is 40.6 Å². The number of thiophene rings is 1. The molecule has 7 nitrogen and oxygen atoms in total. The van der Waals surface area contributed by atoms with E-state index in [0.717, 1.165) is 22.5 Å². The molecule has 30 heavy (non-hydrogen) atoms. The predicted molar refractivity (Wildman–Crippen MR) is 124 cm³/mol. The van der Waals surface area contributed by atoms with Crippen LogP contribution in [0.4, 0.5) is 11.4 Å². The monoisotopic (exact) mass is 460 g/mol. The molecular formula is C20H20N4O3S3. The number of anilines is 2. The van der Waals surface area contributed by atoms with Crippen molar-refractivity contribution in [3.8, 4) is 5.75 Å². The van der Waals surface area contributed by atoms with Gasteiger partial charge in [0, 0.05) is 16.8 Å². The van der Waals surface area contributed by atoms with Crippen molar-refractivity contribution in [3.05, 3.63) is 70.7 Å². The molecular weight excluding hydrogens is 440 g/mol. The summed E-state index contributed by atoms with van der Waals surface area (Å²) in [5, 5.41) is 5.95. The molecule has 3 heterocycles. The number of rotatable bonds is 6. The molecule has 0 bridgehead atoms. The number of sulfonamides is 1. The molecule has 2 atom stereocenters. The lowest BCUT2D eigenvalue weighted by Crippen LogP contribution is -2.29. The van der Waals surface area contributed by atoms with Gasteiger partial charge in [-0.15, -0.1) is 11.3 Å². The third kappa shape index (κ3) is 4.11. The molecule has 4 rings (SSSR count). The first-order valence-corrected chi connectivity index (χ1v) is 12.2. The number of nitrogens with zero attached hydrogens (tertiary/aromatic N) is 2. The average molecular weight is 461 g/mol. The number of hydrogen-bond acceptors (Lipinski definition) is 6. The summed E-state index contributed by atoms with van der Waals surface area (Å²) in [5.74, 6) is 0.427. The molecule has 2 N–H and O–H groups in total. The Kier molecular flexibility index (Phi) is 5.63. The molecule has 0 spiro atoms. The quantitative estimate of drug-likeness (QED) is 0.543. The summed E-state index contributed by atoms with van der Waals surface area (Å²) < 4.78 is 31.5. The van der Waals surface area contributed by atoms with E-state index in [4.69, 9.17) is 17.0 Å². The van der Waals surface area contributed by atoms with Gasteiger partial charge in [-0.3, -0.25) is 9.71 Å². The van der Waals surface area contributed by atoms with Crippen LogP contribution < -0.4 is 19.7 Å². The van der Waals surface area contributed by atoms with Gasteiger partial charge in [0.1, 0.15) is 5.75 Å². The molecule has 1 fully saturated rings. The van der Waals surface area contributed by atoms with Crippen LogP contribution in [0.5, 0.6) is 5.75 Å². The van der Waals surface area contributed by atoms with E-state index in [1.165, 1.54) is 7.11 Å². The van der Waals surface area contributed by atoms with Gasteiger partial charge >= 0.3 is 0 Å². The second kappa shape index (κ2) is 8.21. The highest BCUT2D eigenvalue weighted by atomic mass is 32.2. The number of methoxy groups -OCH3 is 1. The molecule has 3 aromatic rings. The molecule has 0 amide bonds. The minimum absolute atomic E-state index is 0.133. The van der Waals surface area contributed by atoms with E-state index in [9.17, 15) is 8.42 Å². The molecule has 1 aromatic carbocycles. The van der Waals surface area contributed by atoms with Crippen molar-refractivity contribution in [2.24, 2.45) is 0 Å². The number of pyridine rings is 1. The summed E-state index contributed by atoms with van der Waals surface area (Å²) in [6.45, 7) is 0. The predicted octanol–water partition coefficient (Wildman–Crippen LogP) is 3.70. The Morgan fingerprint density at radius 1 is 1.23 bits per heavy atom. The fraction of sp³-hybridized carbons (Fsp3) is 0.200. The van der Waals surface area contributed by atoms with E-state index in [2.05, 4.69) is 21.1 Å². The van der Waals surface area contributed by atoms with Gasteiger partial charge in [0.25, 0.3) is 0 Å². The van der Waals surface area contributed by atoms with Crippen molar-refractivity contribution in [1.29, 1.82) is 0 Å². The van der Waals surface area contributed by atoms with E-state index in [0.29, 0.717) is 16.5 Å². The largest absolute Gasteiger partial charge is 0.495 e. The molecule has 2 aromatic heterocycles. The zero-order valence-electron chi connectivity index (χ0n) is 16.3. The molecule has 1 saturated heterocycles. The highest BCUT2D eigenvalue weighted by molar-refractivity contribution is 7.92. The minimum atomic E-state index is -3.48. The van der Waals surface area contributed by atoms with Crippen LogP contribution in [-0.4, -0.2) is 31.9 Å². The van der Waals surface area contributed by atoms with Gasteiger partial charge in [0.05, 0.1) is 36.8 Å². The Morgan fingerprint density at radius 3 is 2.70 bits per heavy atom. The highest BCUT2D eigenvalue weighted by Gasteiger charge is 2.41. The van der Waals surface area contributed by atoms with Gasteiger partial charge in [-0.05, 0) is 54.0 Å². The van der Waals surface area contributed by atoms with Crippen molar-refractivity contribution in [3.63, 3.8) is 0 Å². The zero-order valence-corrected chi connectivity index (χ0v) is 18.7. The second-order valence-electron chi connectivity index (χ2n) is 6.77. The van der Waals surface area contributed by atoms with Gasteiger partial charge < -0.3 is 15.0 Å². The SMILES string of the molecule is COc1ccc(N2C(=S)N[C@H](c3ccccn3)[C@@H]2c2cccs2)cc1NS(C)(=O)=O. The van der Waals surface area contributed by atoms with E-state index < -0.39 is 10.0 Å². The first-order chi connectivity index (χ1) is 14.4. The normalized spacial score (nSPS) is 18.9. The van der Waals surface area contributed by atoms with Gasteiger partial charge in [0.2, 0.25) is 10.0 Å². The number of nitrogens with one attached hydrogen (secondary N) is 2. The number of hydrogen-bond donors (Lipinski definition) is 2. The Labute approximate surface area is 184 Å². The highest BCUT2D eigenvalue weighted by Crippen LogP contribution is 2.44. The van der Waals surface area contributed by atoms with Crippen LogP contribution in [0.25, 0.3) is 0 Å². The number of ether oxygens (including phenoxy) is 1. The first-order valence-electron chi connectivity index (χ1n) is 9.07. The lowest BCUT2D eigenvalue weighted by atomic mass is 10.0. The smallest absolute Gasteiger partial charge is 0.229 e. The summed E-state index contributed by atoms with van der Waals surface area (Å²) in [4.78, 5) is 7.63. The molecule has 0 aliphatic carbocycles. The summed E-state index contributed by atoms with van der Waals surface area (Å²) in [7, 11) is -1.98. The molecule has 0 unspecified atom stereocenters. The van der Waals surface area contributed by atoms with Gasteiger partial charge in [-0.2, -0.15) is 0 Å². The van der Waals surface area contributed by atoms with Crippen LogP contribution in [0.1, 0.15) is 22.7 Å². The van der Waals surface area contributed by atoms with E-state index >= 15 is 0 Å². The van der Waals surface area contributed by atoms with E-state index in [-0.39, 0.29) is 12.1 Å².